The molecule has 2 rings (SSSR count). The first-order valence-corrected chi connectivity index (χ1v) is 5.30. The van der Waals surface area contributed by atoms with Gasteiger partial charge in [-0.15, -0.1) is 0 Å². The maximum absolute atomic E-state index is 9.22. The fourth-order valence-corrected chi connectivity index (χ4v) is 1.79. The standard InChI is InChI=1S/C11H11BrO2/c1-7(13)4-10-5-8-2-3-9(12)6-11(8)14-10/h2-3,5-7,13H,4H2,1H3. The fourth-order valence-electron chi connectivity index (χ4n) is 1.45. The van der Waals surface area contributed by atoms with E-state index >= 15 is 0 Å². The third-order valence-electron chi connectivity index (χ3n) is 2.03. The van der Waals surface area contributed by atoms with Gasteiger partial charge in [0.25, 0.3) is 0 Å². The van der Waals surface area contributed by atoms with E-state index in [1.54, 1.807) is 6.92 Å². The van der Waals surface area contributed by atoms with Gasteiger partial charge in [0, 0.05) is 16.3 Å². The summed E-state index contributed by atoms with van der Waals surface area (Å²) in [4.78, 5) is 0. The Morgan fingerprint density at radius 2 is 2.21 bits per heavy atom. The molecular weight excluding hydrogens is 244 g/mol. The number of hydrogen-bond donors (Lipinski definition) is 1. The Morgan fingerprint density at radius 3 is 2.93 bits per heavy atom. The van der Waals surface area contributed by atoms with E-state index in [-0.39, 0.29) is 6.10 Å². The first-order chi connectivity index (χ1) is 6.65. The van der Waals surface area contributed by atoms with E-state index in [1.165, 1.54) is 0 Å². The molecule has 1 aromatic heterocycles. The van der Waals surface area contributed by atoms with Crippen LogP contribution in [0, 0.1) is 0 Å². The summed E-state index contributed by atoms with van der Waals surface area (Å²) < 4.78 is 6.57. The zero-order chi connectivity index (χ0) is 10.1. The molecule has 0 saturated heterocycles. The van der Waals surface area contributed by atoms with Crippen LogP contribution >= 0.6 is 15.9 Å². The predicted molar refractivity (Wildman–Crippen MR) is 59.3 cm³/mol. The normalized spacial score (nSPS) is 13.4. The molecule has 14 heavy (non-hydrogen) atoms. The van der Waals surface area contributed by atoms with E-state index in [0.29, 0.717) is 6.42 Å². The number of hydrogen-bond acceptors (Lipinski definition) is 2. The minimum Gasteiger partial charge on any atom is -0.461 e. The van der Waals surface area contributed by atoms with Crippen LogP contribution in [0.3, 0.4) is 0 Å². The van der Waals surface area contributed by atoms with Crippen molar-refractivity contribution in [1.29, 1.82) is 0 Å². The van der Waals surface area contributed by atoms with Gasteiger partial charge in [0.1, 0.15) is 11.3 Å². The lowest BCUT2D eigenvalue weighted by molar-refractivity contribution is 0.188. The molecule has 0 radical (unpaired) electrons. The van der Waals surface area contributed by atoms with Crippen molar-refractivity contribution in [3.63, 3.8) is 0 Å². The molecule has 0 aliphatic carbocycles. The summed E-state index contributed by atoms with van der Waals surface area (Å²) in [6.07, 6.45) is 0.200. The van der Waals surface area contributed by atoms with Crippen LogP contribution in [0.1, 0.15) is 12.7 Å². The molecule has 3 heteroatoms. The molecule has 1 atom stereocenters. The van der Waals surface area contributed by atoms with Crippen molar-refractivity contribution in [1.82, 2.24) is 0 Å². The second kappa shape index (κ2) is 3.75. The molecule has 0 spiro atoms. The molecule has 0 bridgehead atoms. The van der Waals surface area contributed by atoms with E-state index < -0.39 is 0 Å². The average molecular weight is 255 g/mol. The van der Waals surface area contributed by atoms with Crippen LogP contribution in [0.25, 0.3) is 11.0 Å². The third kappa shape index (κ3) is 1.99. The van der Waals surface area contributed by atoms with Crippen molar-refractivity contribution < 1.29 is 9.52 Å². The maximum Gasteiger partial charge on any atom is 0.135 e. The smallest absolute Gasteiger partial charge is 0.135 e. The zero-order valence-corrected chi connectivity index (χ0v) is 9.41. The molecule has 0 aliphatic heterocycles. The molecule has 74 valence electrons. The molecule has 1 N–H and O–H groups in total. The van der Waals surface area contributed by atoms with Crippen LogP contribution in [-0.4, -0.2) is 11.2 Å². The van der Waals surface area contributed by atoms with Gasteiger partial charge in [0.05, 0.1) is 6.10 Å². The summed E-state index contributed by atoms with van der Waals surface area (Å²) in [6.45, 7) is 1.75. The monoisotopic (exact) mass is 254 g/mol. The van der Waals surface area contributed by atoms with Gasteiger partial charge in [-0.05, 0) is 31.2 Å². The Kier molecular flexibility index (Phi) is 2.61. The number of aliphatic hydroxyl groups is 1. The van der Waals surface area contributed by atoms with Gasteiger partial charge < -0.3 is 9.52 Å². The highest BCUT2D eigenvalue weighted by Gasteiger charge is 2.06. The summed E-state index contributed by atoms with van der Waals surface area (Å²) in [7, 11) is 0. The van der Waals surface area contributed by atoms with Gasteiger partial charge in [-0.2, -0.15) is 0 Å². The lowest BCUT2D eigenvalue weighted by Gasteiger charge is -1.97. The van der Waals surface area contributed by atoms with Crippen molar-refractivity contribution in [3.05, 3.63) is 34.5 Å². The van der Waals surface area contributed by atoms with E-state index in [4.69, 9.17) is 4.42 Å². The predicted octanol–water partition coefficient (Wildman–Crippen LogP) is 3.12. The number of furan rings is 1. The van der Waals surface area contributed by atoms with Crippen molar-refractivity contribution in [2.45, 2.75) is 19.4 Å². The van der Waals surface area contributed by atoms with Crippen LogP contribution in [0.2, 0.25) is 0 Å². The average Bonchev–Trinajstić information content (AvgIpc) is 2.44. The van der Waals surface area contributed by atoms with Gasteiger partial charge >= 0.3 is 0 Å². The summed E-state index contributed by atoms with van der Waals surface area (Å²) in [6, 6.07) is 7.87. The topological polar surface area (TPSA) is 33.4 Å². The molecule has 1 unspecified atom stereocenters. The molecule has 2 nitrogen and oxygen atoms in total. The lowest BCUT2D eigenvalue weighted by Crippen LogP contribution is -2.02. The van der Waals surface area contributed by atoms with Gasteiger partial charge in [-0.1, -0.05) is 15.9 Å². The van der Waals surface area contributed by atoms with Crippen LogP contribution in [-0.2, 0) is 6.42 Å². The van der Waals surface area contributed by atoms with Crippen LogP contribution < -0.4 is 0 Å². The van der Waals surface area contributed by atoms with E-state index in [9.17, 15) is 5.11 Å². The molecule has 1 heterocycles. The van der Waals surface area contributed by atoms with Crippen molar-refractivity contribution in [3.8, 4) is 0 Å². The van der Waals surface area contributed by atoms with Crippen LogP contribution in [0.15, 0.2) is 33.2 Å². The molecule has 0 aliphatic rings. The Bertz CT molecular complexity index is 445. The van der Waals surface area contributed by atoms with Gasteiger partial charge in [-0.25, -0.2) is 0 Å². The number of fused-ring (bicyclic) bond motifs is 1. The van der Waals surface area contributed by atoms with Crippen LogP contribution in [0.4, 0.5) is 0 Å². The number of benzene rings is 1. The first-order valence-electron chi connectivity index (χ1n) is 4.51. The lowest BCUT2D eigenvalue weighted by atomic mass is 10.2. The highest BCUT2D eigenvalue weighted by atomic mass is 79.9. The van der Waals surface area contributed by atoms with E-state index in [1.807, 2.05) is 24.3 Å². The Hall–Kier alpha value is -0.800. The quantitative estimate of drug-likeness (QED) is 0.894. The summed E-state index contributed by atoms with van der Waals surface area (Å²) >= 11 is 3.38. The first kappa shape index (κ1) is 9.74. The van der Waals surface area contributed by atoms with Crippen molar-refractivity contribution >= 4 is 26.9 Å². The summed E-state index contributed by atoms with van der Waals surface area (Å²) in [5.74, 6) is 0.827. The summed E-state index contributed by atoms with van der Waals surface area (Å²) in [5.41, 5.74) is 0.857. The fraction of sp³-hybridized carbons (Fsp3) is 0.273. The Balaban J connectivity index is 2.41. The largest absolute Gasteiger partial charge is 0.461 e. The molecular formula is C11H11BrO2. The molecule has 1 aromatic carbocycles. The maximum atomic E-state index is 9.22. The summed E-state index contributed by atoms with van der Waals surface area (Å²) in [5, 5.41) is 10.3. The van der Waals surface area contributed by atoms with E-state index in [0.717, 1.165) is 21.2 Å². The van der Waals surface area contributed by atoms with Gasteiger partial charge in [-0.3, -0.25) is 0 Å². The second-order valence-corrected chi connectivity index (χ2v) is 4.36. The number of rotatable bonds is 2. The zero-order valence-electron chi connectivity index (χ0n) is 7.83. The molecule has 2 aromatic rings. The second-order valence-electron chi connectivity index (χ2n) is 3.45. The highest BCUT2D eigenvalue weighted by molar-refractivity contribution is 9.10. The Morgan fingerprint density at radius 1 is 1.43 bits per heavy atom. The number of halogens is 1. The number of aliphatic hydroxyl groups excluding tert-OH is 1. The SMILES string of the molecule is CC(O)Cc1cc2ccc(Br)cc2o1. The molecule has 0 amide bonds. The van der Waals surface area contributed by atoms with Gasteiger partial charge in [0.15, 0.2) is 0 Å². The van der Waals surface area contributed by atoms with Crippen molar-refractivity contribution in [2.24, 2.45) is 0 Å². The van der Waals surface area contributed by atoms with E-state index in [2.05, 4.69) is 15.9 Å². The van der Waals surface area contributed by atoms with Crippen molar-refractivity contribution in [2.75, 3.05) is 0 Å². The third-order valence-corrected chi connectivity index (χ3v) is 2.52. The van der Waals surface area contributed by atoms with Gasteiger partial charge in [0.2, 0.25) is 0 Å². The molecule has 0 saturated carbocycles. The minimum atomic E-state index is -0.362. The Labute approximate surface area is 90.7 Å². The minimum absolute atomic E-state index is 0.362. The molecule has 0 fully saturated rings. The highest BCUT2D eigenvalue weighted by Crippen LogP contribution is 2.23. The van der Waals surface area contributed by atoms with Crippen LogP contribution in [0.5, 0.6) is 0 Å².